The number of hydrogen-bond acceptors (Lipinski definition) is 6. The first-order valence-corrected chi connectivity index (χ1v) is 11.0. The molecule has 3 aromatic rings. The van der Waals surface area contributed by atoms with Crippen molar-refractivity contribution in [2.24, 2.45) is 0 Å². The van der Waals surface area contributed by atoms with Gasteiger partial charge >= 0.3 is 12.5 Å². The van der Waals surface area contributed by atoms with Crippen LogP contribution in [0.2, 0.25) is 0 Å². The van der Waals surface area contributed by atoms with E-state index < -0.39 is 64.0 Å². The van der Waals surface area contributed by atoms with Gasteiger partial charge in [0, 0.05) is 6.07 Å². The molecule has 7 nitrogen and oxygen atoms in total. The molecule has 200 valence electrons. The molecule has 0 unspecified atom stereocenters. The first-order valence-electron chi connectivity index (χ1n) is 10.3. The Kier molecular flexibility index (Phi) is 8.21. The van der Waals surface area contributed by atoms with E-state index in [9.17, 15) is 36.2 Å². The molecule has 0 aliphatic rings. The molecule has 38 heavy (non-hydrogen) atoms. The highest BCUT2D eigenvalue weighted by molar-refractivity contribution is 9.10. The minimum absolute atomic E-state index is 0.146. The van der Waals surface area contributed by atoms with Gasteiger partial charge in [-0.05, 0) is 52.3 Å². The van der Waals surface area contributed by atoms with Crippen molar-refractivity contribution >= 4 is 43.3 Å². The van der Waals surface area contributed by atoms with Crippen LogP contribution in [0.15, 0.2) is 53.1 Å². The number of benzene rings is 2. The van der Waals surface area contributed by atoms with Gasteiger partial charge in [0.15, 0.2) is 33.0 Å². The Morgan fingerprint density at radius 2 is 1.61 bits per heavy atom. The number of pyridine rings is 1. The molecule has 0 aliphatic carbocycles. The smallest absolute Gasteiger partial charge is 0.476 e. The summed E-state index contributed by atoms with van der Waals surface area (Å²) in [5.74, 6) is -6.11. The van der Waals surface area contributed by atoms with Crippen molar-refractivity contribution in [1.29, 1.82) is 0 Å². The molecule has 1 aromatic heterocycles. The van der Waals surface area contributed by atoms with E-state index in [1.165, 1.54) is 18.2 Å². The van der Waals surface area contributed by atoms with Crippen molar-refractivity contribution < 1.29 is 54.8 Å². The lowest BCUT2D eigenvalue weighted by Gasteiger charge is -2.24. The summed E-state index contributed by atoms with van der Waals surface area (Å²) in [7, 11) is 2.24. The Morgan fingerprint density at radius 3 is 2.18 bits per heavy atom. The largest absolute Gasteiger partial charge is 0.573 e. The Morgan fingerprint density at radius 1 is 0.947 bits per heavy atom. The number of carbonyl (C=O) groups excluding carboxylic acids is 1. The number of amides is 1. The van der Waals surface area contributed by atoms with Crippen molar-refractivity contribution in [3.63, 3.8) is 0 Å². The summed E-state index contributed by atoms with van der Waals surface area (Å²) < 4.78 is 108. The number of rotatable bonds is 7. The molecule has 3 rings (SSSR count). The fourth-order valence-electron chi connectivity index (χ4n) is 2.97. The van der Waals surface area contributed by atoms with Gasteiger partial charge in [0.05, 0.1) is 5.56 Å². The van der Waals surface area contributed by atoms with Crippen LogP contribution in [0, 0.1) is 5.82 Å². The van der Waals surface area contributed by atoms with Crippen LogP contribution in [0.1, 0.15) is 15.9 Å². The third kappa shape index (κ3) is 7.77. The van der Waals surface area contributed by atoms with Crippen molar-refractivity contribution in [3.05, 3.63) is 70.1 Å². The summed E-state index contributed by atoms with van der Waals surface area (Å²) in [6.07, 6.45) is -10.3. The monoisotopic (exact) mass is 608 g/mol. The van der Waals surface area contributed by atoms with Crippen molar-refractivity contribution in [3.8, 4) is 23.0 Å². The molecular weight excluding hydrogens is 595 g/mol. The molecule has 2 aromatic carbocycles. The molecule has 0 aliphatic heterocycles. The average molecular weight is 609 g/mol. The van der Waals surface area contributed by atoms with Crippen molar-refractivity contribution in [2.75, 3.05) is 5.32 Å². The second kappa shape index (κ2) is 10.7. The number of halogens is 8. The molecular formula is C21H14B2BrF7N2O5. The molecule has 0 saturated heterocycles. The summed E-state index contributed by atoms with van der Waals surface area (Å²) >= 11 is 3.05. The number of hydrogen-bond donors (Lipinski definition) is 2. The fourth-order valence-corrected chi connectivity index (χ4v) is 3.31. The highest BCUT2D eigenvalue weighted by Gasteiger charge is 2.38. The van der Waals surface area contributed by atoms with Gasteiger partial charge in [0.25, 0.3) is 5.91 Å². The number of carbonyl (C=O) groups is 1. The lowest BCUT2D eigenvalue weighted by atomic mass is 9.76. The predicted octanol–water partition coefficient (Wildman–Crippen LogP) is 4.19. The molecule has 0 bridgehead atoms. The molecule has 2 N–H and O–H groups in total. The van der Waals surface area contributed by atoms with Gasteiger partial charge < -0.3 is 24.6 Å². The van der Waals surface area contributed by atoms with E-state index in [2.05, 4.69) is 31.0 Å². The van der Waals surface area contributed by atoms with E-state index >= 15 is 4.39 Å². The van der Waals surface area contributed by atoms with Gasteiger partial charge in [-0.15, -0.1) is 13.2 Å². The number of nitrogens with one attached hydrogen (secondary N) is 1. The predicted molar refractivity (Wildman–Crippen MR) is 127 cm³/mol. The number of aliphatic hydroxyl groups is 1. The van der Waals surface area contributed by atoms with E-state index in [0.717, 1.165) is 27.8 Å². The zero-order valence-corrected chi connectivity index (χ0v) is 20.8. The fraction of sp³-hybridized carbons (Fsp3) is 0.143. The Labute approximate surface area is 219 Å². The third-order valence-corrected chi connectivity index (χ3v) is 4.76. The number of nitrogens with zero attached hydrogens (tertiary/aromatic N) is 1. The molecule has 17 heteroatoms. The van der Waals surface area contributed by atoms with Gasteiger partial charge in [-0.1, -0.05) is 6.07 Å². The summed E-state index contributed by atoms with van der Waals surface area (Å²) in [6.45, 7) is 0. The summed E-state index contributed by atoms with van der Waals surface area (Å²) in [4.78, 5) is 16.8. The van der Waals surface area contributed by atoms with E-state index in [0.29, 0.717) is 18.2 Å². The van der Waals surface area contributed by atoms with Crippen LogP contribution in [-0.2, 0) is 6.18 Å². The molecule has 0 radical (unpaired) electrons. The van der Waals surface area contributed by atoms with Gasteiger partial charge in [-0.2, -0.15) is 13.2 Å². The highest BCUT2D eigenvalue weighted by atomic mass is 79.9. The number of anilines is 1. The summed E-state index contributed by atoms with van der Waals surface area (Å²) in [6, 6.07) is 7.47. The van der Waals surface area contributed by atoms with Crippen LogP contribution in [-0.4, -0.2) is 43.6 Å². The minimum atomic E-state index is -5.18. The number of alkyl halides is 6. The van der Waals surface area contributed by atoms with Gasteiger partial charge in [0.2, 0.25) is 0 Å². The van der Waals surface area contributed by atoms with Crippen LogP contribution in [0.4, 0.5) is 36.6 Å². The van der Waals surface area contributed by atoms with E-state index in [1.54, 1.807) is 0 Å². The standard InChI is InChI=1S/C21H14B2BrF7N2O5/c22-20(23,35)38-13-8-9(37-21(29,30)31)4-6-11(13)36-12-7-5-10(19(26,27)28)17(25)16(12)18(34)33-15-3-1-2-14(24)32-15/h1-8,35H,22-23H2,(H,32,33,34). The van der Waals surface area contributed by atoms with Crippen LogP contribution >= 0.6 is 15.9 Å². The highest BCUT2D eigenvalue weighted by Crippen LogP contribution is 2.41. The van der Waals surface area contributed by atoms with Gasteiger partial charge in [-0.3, -0.25) is 4.79 Å². The zero-order chi connectivity index (χ0) is 28.5. The quantitative estimate of drug-likeness (QED) is 0.181. The molecule has 0 saturated carbocycles. The lowest BCUT2D eigenvalue weighted by Crippen LogP contribution is -2.36. The molecule has 1 heterocycles. The second-order valence-electron chi connectivity index (χ2n) is 7.90. The van der Waals surface area contributed by atoms with Crippen LogP contribution in [0.25, 0.3) is 0 Å². The molecule has 0 spiro atoms. The van der Waals surface area contributed by atoms with Crippen LogP contribution in [0.3, 0.4) is 0 Å². The summed E-state index contributed by atoms with van der Waals surface area (Å²) in [5, 5.41) is 12.1. The van der Waals surface area contributed by atoms with Crippen LogP contribution in [0.5, 0.6) is 23.0 Å². The Balaban J connectivity index is 2.10. The zero-order valence-electron chi connectivity index (χ0n) is 19.2. The summed E-state index contributed by atoms with van der Waals surface area (Å²) in [5.41, 5.74) is -4.95. The SMILES string of the molecule is BC(B)(O)Oc1cc(OC(F)(F)F)ccc1Oc1ccc(C(F)(F)F)c(F)c1C(=O)Nc1cccc(Br)n1. The van der Waals surface area contributed by atoms with E-state index in [4.69, 9.17) is 9.47 Å². The molecule has 0 atom stereocenters. The number of aromatic nitrogens is 1. The maximum atomic E-state index is 15.1. The normalized spacial score (nSPS) is 12.1. The van der Waals surface area contributed by atoms with E-state index in [-0.39, 0.29) is 10.4 Å². The second-order valence-corrected chi connectivity index (χ2v) is 8.72. The topological polar surface area (TPSA) is 89.9 Å². The maximum absolute atomic E-state index is 15.1. The third-order valence-electron chi connectivity index (χ3n) is 4.32. The minimum Gasteiger partial charge on any atom is -0.476 e. The lowest BCUT2D eigenvalue weighted by molar-refractivity contribution is -0.274. The average Bonchev–Trinajstić information content (AvgIpc) is 2.72. The Hall–Kier alpha value is -3.46. The van der Waals surface area contributed by atoms with E-state index in [1.807, 2.05) is 0 Å². The molecule has 0 fully saturated rings. The van der Waals surface area contributed by atoms with Crippen LogP contribution < -0.4 is 19.5 Å². The van der Waals surface area contributed by atoms with Gasteiger partial charge in [-0.25, -0.2) is 9.37 Å². The van der Waals surface area contributed by atoms with Crippen molar-refractivity contribution in [2.45, 2.75) is 18.1 Å². The first kappa shape index (κ1) is 29.1. The van der Waals surface area contributed by atoms with Crippen molar-refractivity contribution in [1.82, 2.24) is 4.98 Å². The number of ether oxygens (including phenoxy) is 3. The molecule has 1 amide bonds. The van der Waals surface area contributed by atoms with Gasteiger partial charge in [0.1, 0.15) is 33.1 Å². The first-order chi connectivity index (χ1) is 17.4. The Bertz CT molecular complexity index is 1350. The maximum Gasteiger partial charge on any atom is 0.573 e.